The molecule has 0 unspecified atom stereocenters. The van der Waals surface area contributed by atoms with Crippen LogP contribution >= 0.6 is 11.6 Å². The summed E-state index contributed by atoms with van der Waals surface area (Å²) in [5.74, 6) is 1.00. The molecule has 168 valence electrons. The monoisotopic (exact) mass is 461 g/mol. The summed E-state index contributed by atoms with van der Waals surface area (Å²) in [5.41, 5.74) is 3.26. The Labute approximate surface area is 196 Å². The molecule has 0 atom stereocenters. The topological polar surface area (TPSA) is 80.0 Å². The van der Waals surface area contributed by atoms with Crippen LogP contribution in [0.3, 0.4) is 0 Å². The highest BCUT2D eigenvalue weighted by Crippen LogP contribution is 2.29. The Morgan fingerprint density at radius 3 is 2.61 bits per heavy atom. The van der Waals surface area contributed by atoms with E-state index in [-0.39, 0.29) is 12.2 Å². The van der Waals surface area contributed by atoms with Gasteiger partial charge in [-0.15, -0.1) is 0 Å². The fraction of sp³-hybridized carbons (Fsp3) is 0.292. The van der Waals surface area contributed by atoms with Crippen molar-refractivity contribution in [2.45, 2.75) is 6.42 Å². The summed E-state index contributed by atoms with van der Waals surface area (Å²) >= 11 is 6.64. The normalized spacial score (nSPS) is 14.7. The first-order valence-corrected chi connectivity index (χ1v) is 11.2. The minimum absolute atomic E-state index is 0.0684. The molecule has 0 aliphatic carbocycles. The molecule has 1 aromatic carbocycles. The Morgan fingerprint density at radius 1 is 1.03 bits per heavy atom. The van der Waals surface area contributed by atoms with Crippen LogP contribution in [-0.2, 0) is 13.5 Å². The van der Waals surface area contributed by atoms with Crippen LogP contribution in [0.4, 0.5) is 5.82 Å². The molecule has 1 aliphatic rings. The van der Waals surface area contributed by atoms with E-state index in [9.17, 15) is 4.79 Å². The van der Waals surface area contributed by atoms with Crippen molar-refractivity contribution in [2.24, 2.45) is 7.05 Å². The maximum absolute atomic E-state index is 13.1. The molecule has 0 amide bonds. The molecular formula is C24H24ClN7O. The van der Waals surface area contributed by atoms with Gasteiger partial charge in [-0.05, 0) is 24.7 Å². The molecule has 0 radical (unpaired) electrons. The highest BCUT2D eigenvalue weighted by Gasteiger charge is 2.22. The number of pyridine rings is 1. The third-order valence-electron chi connectivity index (χ3n) is 5.96. The zero-order valence-corrected chi connectivity index (χ0v) is 19.3. The van der Waals surface area contributed by atoms with E-state index >= 15 is 0 Å². The molecule has 4 heterocycles. The number of halogens is 1. The summed E-state index contributed by atoms with van der Waals surface area (Å²) in [5, 5.41) is 5.54. The molecule has 8 nitrogen and oxygen atoms in total. The van der Waals surface area contributed by atoms with E-state index in [4.69, 9.17) is 11.6 Å². The number of carbonyl (C=O) groups is 1. The Balaban J connectivity index is 1.39. The number of hydrogen-bond donors (Lipinski definition) is 0. The minimum Gasteiger partial charge on any atom is -0.353 e. The van der Waals surface area contributed by atoms with Crippen molar-refractivity contribution in [3.8, 4) is 11.1 Å². The predicted octanol–water partition coefficient (Wildman–Crippen LogP) is 3.26. The fourth-order valence-electron chi connectivity index (χ4n) is 4.02. The van der Waals surface area contributed by atoms with Gasteiger partial charge in [-0.2, -0.15) is 5.10 Å². The van der Waals surface area contributed by atoms with E-state index in [2.05, 4.69) is 36.9 Å². The Kier molecular flexibility index (Phi) is 5.78. The summed E-state index contributed by atoms with van der Waals surface area (Å²) in [6.07, 6.45) is 7.24. The molecule has 0 saturated carbocycles. The van der Waals surface area contributed by atoms with Crippen molar-refractivity contribution in [1.29, 1.82) is 0 Å². The molecule has 1 aliphatic heterocycles. The summed E-state index contributed by atoms with van der Waals surface area (Å²) in [4.78, 5) is 31.0. The second-order valence-corrected chi connectivity index (χ2v) is 8.73. The largest absolute Gasteiger partial charge is 0.353 e. The SMILES string of the molecule is CN1CCN(c2nccc(C(=O)Cc3ncc4ccc(-c5cnn(C)c5)cc4n3)c2Cl)CC1. The maximum atomic E-state index is 13.1. The van der Waals surface area contributed by atoms with Crippen LogP contribution in [-0.4, -0.2) is 68.6 Å². The zero-order valence-electron chi connectivity index (χ0n) is 18.6. The number of aromatic nitrogens is 5. The lowest BCUT2D eigenvalue weighted by Gasteiger charge is -2.33. The van der Waals surface area contributed by atoms with Gasteiger partial charge in [0.15, 0.2) is 5.78 Å². The maximum Gasteiger partial charge on any atom is 0.172 e. The van der Waals surface area contributed by atoms with Crippen LogP contribution in [0.25, 0.3) is 22.0 Å². The van der Waals surface area contributed by atoms with Crippen molar-refractivity contribution in [3.63, 3.8) is 0 Å². The Morgan fingerprint density at radius 2 is 1.85 bits per heavy atom. The van der Waals surface area contributed by atoms with E-state index in [1.807, 2.05) is 37.6 Å². The lowest BCUT2D eigenvalue weighted by atomic mass is 10.1. The minimum atomic E-state index is -0.124. The third-order valence-corrected chi connectivity index (χ3v) is 6.34. The number of aryl methyl sites for hydroxylation is 1. The zero-order chi connectivity index (χ0) is 22.9. The van der Waals surface area contributed by atoms with Gasteiger partial charge >= 0.3 is 0 Å². The van der Waals surface area contributed by atoms with Gasteiger partial charge in [-0.25, -0.2) is 15.0 Å². The van der Waals surface area contributed by atoms with Gasteiger partial charge in [0.25, 0.3) is 0 Å². The third kappa shape index (κ3) is 4.44. The first-order valence-electron chi connectivity index (χ1n) is 10.8. The molecule has 4 aromatic rings. The number of likely N-dealkylation sites (N-methyl/N-ethyl adjacent to an activating group) is 1. The predicted molar refractivity (Wildman–Crippen MR) is 129 cm³/mol. The number of benzene rings is 1. The van der Waals surface area contributed by atoms with E-state index in [1.54, 1.807) is 23.1 Å². The Bertz CT molecular complexity index is 1330. The number of nitrogens with zero attached hydrogens (tertiary/aromatic N) is 7. The van der Waals surface area contributed by atoms with E-state index < -0.39 is 0 Å². The van der Waals surface area contributed by atoms with Gasteiger partial charge in [0.2, 0.25) is 0 Å². The van der Waals surface area contributed by atoms with E-state index in [1.165, 1.54) is 0 Å². The molecule has 1 fully saturated rings. The van der Waals surface area contributed by atoms with Crippen LogP contribution in [0.1, 0.15) is 16.2 Å². The Hall–Kier alpha value is -3.36. The quantitative estimate of drug-likeness (QED) is 0.422. The number of fused-ring (bicyclic) bond motifs is 1. The lowest BCUT2D eigenvalue weighted by molar-refractivity contribution is 0.0991. The van der Waals surface area contributed by atoms with Gasteiger partial charge in [0.1, 0.15) is 11.6 Å². The molecule has 3 aromatic heterocycles. The average Bonchev–Trinajstić information content (AvgIpc) is 3.25. The van der Waals surface area contributed by atoms with Crippen LogP contribution in [0.2, 0.25) is 5.02 Å². The summed E-state index contributed by atoms with van der Waals surface area (Å²) in [6, 6.07) is 7.66. The number of anilines is 1. The molecule has 5 rings (SSSR count). The van der Waals surface area contributed by atoms with Gasteiger partial charge in [-0.3, -0.25) is 9.48 Å². The average molecular weight is 462 g/mol. The van der Waals surface area contributed by atoms with Crippen LogP contribution in [0.5, 0.6) is 0 Å². The number of ketones is 1. The lowest BCUT2D eigenvalue weighted by Crippen LogP contribution is -2.45. The van der Waals surface area contributed by atoms with E-state index in [0.29, 0.717) is 22.2 Å². The smallest absolute Gasteiger partial charge is 0.172 e. The first kappa shape index (κ1) is 21.5. The van der Waals surface area contributed by atoms with Crippen LogP contribution in [0.15, 0.2) is 49.1 Å². The van der Waals surface area contributed by atoms with Gasteiger partial charge in [-0.1, -0.05) is 23.7 Å². The van der Waals surface area contributed by atoms with Crippen molar-refractivity contribution < 1.29 is 4.79 Å². The standard InChI is InChI=1S/C24H24ClN7O/c1-30-7-9-32(10-8-30)24-23(25)19(5-6-26-24)21(33)12-22-27-13-17-4-3-16(11-20(17)29-22)18-14-28-31(2)15-18/h3-6,11,13-15H,7-10,12H2,1-2H3. The van der Waals surface area contributed by atoms with Crippen molar-refractivity contribution in [1.82, 2.24) is 29.6 Å². The molecule has 0 bridgehead atoms. The summed E-state index contributed by atoms with van der Waals surface area (Å²) < 4.78 is 1.76. The van der Waals surface area contributed by atoms with Gasteiger partial charge in [0.05, 0.1) is 23.2 Å². The van der Waals surface area contributed by atoms with Crippen LogP contribution < -0.4 is 4.90 Å². The van der Waals surface area contributed by atoms with Gasteiger partial charge < -0.3 is 9.80 Å². The molecule has 33 heavy (non-hydrogen) atoms. The number of Topliss-reactive ketones (excluding diaryl/α,β-unsaturated/α-hetero) is 1. The summed E-state index contributed by atoms with van der Waals surface area (Å²) in [6.45, 7) is 3.52. The van der Waals surface area contributed by atoms with Gasteiger partial charge in [0, 0.05) is 68.3 Å². The highest BCUT2D eigenvalue weighted by atomic mass is 35.5. The number of carbonyl (C=O) groups excluding carboxylic acids is 1. The molecule has 1 saturated heterocycles. The van der Waals surface area contributed by atoms with Crippen LogP contribution in [0, 0.1) is 0 Å². The van der Waals surface area contributed by atoms with Crippen molar-refractivity contribution >= 4 is 34.1 Å². The molecule has 9 heteroatoms. The molecule has 0 N–H and O–H groups in total. The number of rotatable bonds is 5. The molecular weight excluding hydrogens is 438 g/mol. The highest BCUT2D eigenvalue weighted by molar-refractivity contribution is 6.36. The molecule has 0 spiro atoms. The van der Waals surface area contributed by atoms with Crippen molar-refractivity contribution in [3.05, 3.63) is 65.5 Å². The van der Waals surface area contributed by atoms with Crippen molar-refractivity contribution in [2.75, 3.05) is 38.1 Å². The first-order chi connectivity index (χ1) is 16.0. The summed E-state index contributed by atoms with van der Waals surface area (Å²) in [7, 11) is 3.98. The second kappa shape index (κ2) is 8.88. The number of hydrogen-bond acceptors (Lipinski definition) is 7. The number of piperazine rings is 1. The second-order valence-electron chi connectivity index (χ2n) is 8.35. The fourth-order valence-corrected chi connectivity index (χ4v) is 4.36. The van der Waals surface area contributed by atoms with E-state index in [0.717, 1.165) is 48.2 Å².